The van der Waals surface area contributed by atoms with E-state index in [1.54, 1.807) is 0 Å². The molecule has 0 aliphatic heterocycles. The van der Waals surface area contributed by atoms with Crippen LogP contribution in [0.3, 0.4) is 0 Å². The summed E-state index contributed by atoms with van der Waals surface area (Å²) in [6.45, 7) is 0. The molecule has 0 aliphatic carbocycles. The lowest BCUT2D eigenvalue weighted by atomic mass is 9.96. The number of halogens is 1. The van der Waals surface area contributed by atoms with Gasteiger partial charge in [-0.2, -0.15) is 0 Å². The number of rotatable bonds is 5. The van der Waals surface area contributed by atoms with Gasteiger partial charge in [0, 0.05) is 9.99 Å². The van der Waals surface area contributed by atoms with E-state index in [-0.39, 0.29) is 12.3 Å². The molecule has 0 fully saturated rings. The summed E-state index contributed by atoms with van der Waals surface area (Å²) in [7, 11) is 0. The van der Waals surface area contributed by atoms with Crippen LogP contribution in [0.5, 0.6) is 0 Å². The van der Waals surface area contributed by atoms with Crippen molar-refractivity contribution < 1.29 is 14.7 Å². The molecule has 29 heavy (non-hydrogen) atoms. The summed E-state index contributed by atoms with van der Waals surface area (Å²) in [5.74, 6) is -1.43. The first kappa shape index (κ1) is 19.4. The Morgan fingerprint density at radius 3 is 1.97 bits per heavy atom. The van der Waals surface area contributed by atoms with E-state index in [1.165, 1.54) is 0 Å². The van der Waals surface area contributed by atoms with Gasteiger partial charge in [-0.15, -0.1) is 0 Å². The van der Waals surface area contributed by atoms with Crippen molar-refractivity contribution >= 4 is 56.0 Å². The first-order valence-electron chi connectivity index (χ1n) is 9.21. The van der Waals surface area contributed by atoms with E-state index in [4.69, 9.17) is 0 Å². The number of carboxylic acids is 1. The number of benzene rings is 4. The van der Waals surface area contributed by atoms with Crippen molar-refractivity contribution in [2.45, 2.75) is 12.5 Å². The molecule has 0 spiro atoms. The third-order valence-corrected chi connectivity index (χ3v) is 5.67. The van der Waals surface area contributed by atoms with Crippen LogP contribution in [0.2, 0.25) is 0 Å². The predicted molar refractivity (Wildman–Crippen MR) is 123 cm³/mol. The van der Waals surface area contributed by atoms with Crippen LogP contribution in [0.4, 0.5) is 0 Å². The van der Waals surface area contributed by atoms with Gasteiger partial charge >= 0.3 is 5.97 Å². The van der Waals surface area contributed by atoms with E-state index in [9.17, 15) is 14.7 Å². The van der Waals surface area contributed by atoms with E-state index < -0.39 is 12.0 Å². The van der Waals surface area contributed by atoms with Gasteiger partial charge in [0.05, 0.1) is 5.56 Å². The van der Waals surface area contributed by atoms with E-state index in [0.717, 1.165) is 30.7 Å². The largest absolute Gasteiger partial charge is 0.480 e. The SMILES string of the molecule is O=C(N[C@H](Cc1ccc(I)cc1)C(=O)O)c1c2ccccc2cc2ccccc12. The summed E-state index contributed by atoms with van der Waals surface area (Å²) in [6, 6.07) is 24.0. The summed E-state index contributed by atoms with van der Waals surface area (Å²) in [6.07, 6.45) is 0.223. The van der Waals surface area contributed by atoms with Crippen LogP contribution in [-0.2, 0) is 11.2 Å². The van der Waals surface area contributed by atoms with Crippen LogP contribution in [0.25, 0.3) is 21.5 Å². The highest BCUT2D eigenvalue weighted by Gasteiger charge is 2.23. The van der Waals surface area contributed by atoms with Gasteiger partial charge in [-0.1, -0.05) is 60.7 Å². The summed E-state index contributed by atoms with van der Waals surface area (Å²) in [4.78, 5) is 25.1. The van der Waals surface area contributed by atoms with Gasteiger partial charge in [-0.3, -0.25) is 4.79 Å². The van der Waals surface area contributed by atoms with E-state index in [0.29, 0.717) is 5.56 Å². The number of carbonyl (C=O) groups excluding carboxylic acids is 1. The van der Waals surface area contributed by atoms with Gasteiger partial charge in [0.15, 0.2) is 0 Å². The molecule has 0 heterocycles. The Kier molecular flexibility index (Phi) is 5.49. The van der Waals surface area contributed by atoms with Crippen molar-refractivity contribution in [1.29, 1.82) is 0 Å². The Bertz CT molecular complexity index is 1160. The Morgan fingerprint density at radius 2 is 1.41 bits per heavy atom. The fraction of sp³-hybridized carbons (Fsp3) is 0.0833. The van der Waals surface area contributed by atoms with Crippen molar-refractivity contribution in [3.63, 3.8) is 0 Å². The first-order chi connectivity index (χ1) is 14.0. The van der Waals surface area contributed by atoms with Gasteiger partial charge in [0.1, 0.15) is 6.04 Å². The zero-order chi connectivity index (χ0) is 20.4. The van der Waals surface area contributed by atoms with Crippen LogP contribution >= 0.6 is 22.6 Å². The van der Waals surface area contributed by atoms with Crippen molar-refractivity contribution in [2.75, 3.05) is 0 Å². The Labute approximate surface area is 181 Å². The number of carbonyl (C=O) groups is 2. The number of fused-ring (bicyclic) bond motifs is 2. The maximum Gasteiger partial charge on any atom is 0.326 e. The fourth-order valence-electron chi connectivity index (χ4n) is 3.55. The molecule has 0 aliphatic rings. The van der Waals surface area contributed by atoms with Crippen LogP contribution < -0.4 is 5.32 Å². The molecule has 0 saturated heterocycles. The maximum absolute atomic E-state index is 13.3. The molecule has 0 aromatic heterocycles. The molecule has 144 valence electrons. The number of amides is 1. The minimum absolute atomic E-state index is 0.223. The molecular weight excluding hydrogens is 477 g/mol. The summed E-state index contributed by atoms with van der Waals surface area (Å²) in [5, 5.41) is 15.9. The number of carboxylic acid groups (broad SMARTS) is 1. The highest BCUT2D eigenvalue weighted by molar-refractivity contribution is 14.1. The lowest BCUT2D eigenvalue weighted by Gasteiger charge is -2.17. The molecule has 0 bridgehead atoms. The van der Waals surface area contributed by atoms with Gasteiger partial charge in [-0.05, 0) is 67.9 Å². The number of nitrogens with one attached hydrogen (secondary N) is 1. The van der Waals surface area contributed by atoms with E-state index >= 15 is 0 Å². The van der Waals surface area contributed by atoms with Gasteiger partial charge in [-0.25, -0.2) is 4.79 Å². The molecule has 4 aromatic rings. The summed E-state index contributed by atoms with van der Waals surface area (Å²) in [5.41, 5.74) is 1.37. The fourth-order valence-corrected chi connectivity index (χ4v) is 3.90. The normalized spacial score (nSPS) is 12.0. The lowest BCUT2D eigenvalue weighted by Crippen LogP contribution is -2.42. The molecular formula is C24H18INO3. The van der Waals surface area contributed by atoms with Gasteiger partial charge in [0.2, 0.25) is 0 Å². The molecule has 1 atom stereocenters. The summed E-state index contributed by atoms with van der Waals surface area (Å²) < 4.78 is 1.07. The molecule has 2 N–H and O–H groups in total. The second-order valence-electron chi connectivity index (χ2n) is 6.89. The van der Waals surface area contributed by atoms with Crippen molar-refractivity contribution in [3.05, 3.63) is 93.6 Å². The van der Waals surface area contributed by atoms with Crippen LogP contribution in [0, 0.1) is 3.57 Å². The zero-order valence-electron chi connectivity index (χ0n) is 15.4. The highest BCUT2D eigenvalue weighted by atomic mass is 127. The van der Waals surface area contributed by atoms with Crippen LogP contribution in [0.1, 0.15) is 15.9 Å². The summed E-state index contributed by atoms with van der Waals surface area (Å²) >= 11 is 2.20. The number of hydrogen-bond acceptors (Lipinski definition) is 2. The average Bonchev–Trinajstić information content (AvgIpc) is 2.72. The first-order valence-corrected chi connectivity index (χ1v) is 10.3. The minimum atomic E-state index is -1.05. The molecule has 4 nitrogen and oxygen atoms in total. The quantitative estimate of drug-likeness (QED) is 0.302. The van der Waals surface area contributed by atoms with Crippen molar-refractivity contribution in [3.8, 4) is 0 Å². The lowest BCUT2D eigenvalue weighted by molar-refractivity contribution is -0.139. The Balaban J connectivity index is 1.73. The molecule has 4 rings (SSSR count). The molecule has 5 heteroatoms. The minimum Gasteiger partial charge on any atom is -0.480 e. The van der Waals surface area contributed by atoms with Crippen molar-refractivity contribution in [1.82, 2.24) is 5.32 Å². The number of aliphatic carboxylic acids is 1. The molecule has 0 unspecified atom stereocenters. The van der Waals surface area contributed by atoms with E-state index in [1.807, 2.05) is 78.9 Å². The second-order valence-corrected chi connectivity index (χ2v) is 8.13. The maximum atomic E-state index is 13.3. The number of hydrogen-bond donors (Lipinski definition) is 2. The standard InChI is InChI=1S/C24H18INO3/c25-18-11-9-15(10-12-18)13-21(24(28)29)26-23(27)22-19-7-3-1-5-16(19)14-17-6-2-4-8-20(17)22/h1-12,14,21H,13H2,(H,26,27)(H,28,29)/t21-/m1/s1. The van der Waals surface area contributed by atoms with E-state index in [2.05, 4.69) is 27.9 Å². The third-order valence-electron chi connectivity index (χ3n) is 4.95. The van der Waals surface area contributed by atoms with Crippen LogP contribution in [0.15, 0.2) is 78.9 Å². The average molecular weight is 495 g/mol. The molecule has 1 amide bonds. The van der Waals surface area contributed by atoms with Crippen LogP contribution in [-0.4, -0.2) is 23.0 Å². The Morgan fingerprint density at radius 1 is 0.862 bits per heavy atom. The topological polar surface area (TPSA) is 66.4 Å². The van der Waals surface area contributed by atoms with Crippen molar-refractivity contribution in [2.24, 2.45) is 0 Å². The molecule has 0 radical (unpaired) electrons. The predicted octanol–water partition coefficient (Wildman–Crippen LogP) is 5.02. The smallest absolute Gasteiger partial charge is 0.326 e. The van der Waals surface area contributed by atoms with Gasteiger partial charge in [0.25, 0.3) is 5.91 Å². The Hall–Kier alpha value is -2.93. The molecule has 0 saturated carbocycles. The second kappa shape index (κ2) is 8.21. The molecule has 4 aromatic carbocycles. The monoisotopic (exact) mass is 495 g/mol. The zero-order valence-corrected chi connectivity index (χ0v) is 17.6. The third kappa shape index (κ3) is 4.10. The van der Waals surface area contributed by atoms with Gasteiger partial charge < -0.3 is 10.4 Å². The highest BCUT2D eigenvalue weighted by Crippen LogP contribution is 2.28.